The van der Waals surface area contributed by atoms with Crippen molar-refractivity contribution < 1.29 is 38.5 Å². The molecule has 1 amide bonds. The fraction of sp³-hybridized carbons (Fsp3) is 0.364. The van der Waals surface area contributed by atoms with Crippen molar-refractivity contribution in [2.75, 3.05) is 20.3 Å². The molecular formula is C22H25NO8. The minimum Gasteiger partial charge on any atom is -0.467 e. The Morgan fingerprint density at radius 2 is 1.65 bits per heavy atom. The maximum atomic E-state index is 13.2. The van der Waals surface area contributed by atoms with Crippen molar-refractivity contribution in [2.45, 2.75) is 30.5 Å². The quantitative estimate of drug-likeness (QED) is 0.267. The van der Waals surface area contributed by atoms with E-state index < -0.39 is 47.4 Å². The second-order valence-corrected chi connectivity index (χ2v) is 7.04. The van der Waals surface area contributed by atoms with E-state index in [1.807, 2.05) is 0 Å². The molecule has 0 aromatic heterocycles. The highest BCUT2D eigenvalue weighted by molar-refractivity contribution is 6.13. The molecule has 1 saturated heterocycles. The minimum atomic E-state index is -2.68. The molecule has 1 fully saturated rings. The second-order valence-electron chi connectivity index (χ2n) is 7.04. The van der Waals surface area contributed by atoms with Crippen LogP contribution in [0.2, 0.25) is 0 Å². The van der Waals surface area contributed by atoms with Crippen molar-refractivity contribution >= 4 is 23.8 Å². The SMILES string of the molecule is C=CCOC(=O)C1(C(=O)OCC=C)N(C(C(=O)OC)c2ccccc2)C(=O)CC1(C)O. The van der Waals surface area contributed by atoms with Gasteiger partial charge < -0.3 is 19.3 Å². The predicted octanol–water partition coefficient (Wildman–Crippen LogP) is 1.08. The standard InChI is InChI=1S/C22H25NO8/c1-5-12-30-19(26)22(20(27)31-13-6-2)21(3,28)14-16(24)23(22)17(18(25)29-4)15-10-8-7-9-11-15/h5-11,17,28H,1-2,12-14H2,3-4H3. The summed E-state index contributed by atoms with van der Waals surface area (Å²) in [5.41, 5.74) is -4.68. The van der Waals surface area contributed by atoms with Gasteiger partial charge in [-0.2, -0.15) is 0 Å². The number of likely N-dealkylation sites (tertiary alicyclic amines) is 1. The van der Waals surface area contributed by atoms with Crippen LogP contribution in [0.5, 0.6) is 0 Å². The van der Waals surface area contributed by atoms with Crippen LogP contribution in [0.1, 0.15) is 24.9 Å². The van der Waals surface area contributed by atoms with Crippen LogP contribution in [0.15, 0.2) is 55.6 Å². The summed E-state index contributed by atoms with van der Waals surface area (Å²) in [7, 11) is 1.10. The zero-order valence-corrected chi connectivity index (χ0v) is 17.4. The lowest BCUT2D eigenvalue weighted by Gasteiger charge is -2.42. The average Bonchev–Trinajstić information content (AvgIpc) is 2.96. The third-order valence-electron chi connectivity index (χ3n) is 4.96. The number of methoxy groups -OCH3 is 1. The minimum absolute atomic E-state index is 0.262. The number of hydrogen-bond acceptors (Lipinski definition) is 8. The molecule has 1 N–H and O–H groups in total. The van der Waals surface area contributed by atoms with Crippen molar-refractivity contribution in [2.24, 2.45) is 0 Å². The van der Waals surface area contributed by atoms with Gasteiger partial charge in [0.1, 0.15) is 18.8 Å². The van der Waals surface area contributed by atoms with Crippen molar-refractivity contribution in [1.82, 2.24) is 4.90 Å². The molecular weight excluding hydrogens is 406 g/mol. The molecule has 1 heterocycles. The van der Waals surface area contributed by atoms with Gasteiger partial charge in [0.05, 0.1) is 13.5 Å². The normalized spacial score (nSPS) is 20.5. The van der Waals surface area contributed by atoms with Gasteiger partial charge in [-0.1, -0.05) is 55.6 Å². The first-order valence-electron chi connectivity index (χ1n) is 9.42. The second kappa shape index (κ2) is 9.57. The van der Waals surface area contributed by atoms with Gasteiger partial charge in [-0.3, -0.25) is 9.69 Å². The van der Waals surface area contributed by atoms with Crippen LogP contribution < -0.4 is 0 Å². The van der Waals surface area contributed by atoms with Crippen LogP contribution in [-0.4, -0.2) is 65.3 Å². The first-order valence-corrected chi connectivity index (χ1v) is 9.42. The highest BCUT2D eigenvalue weighted by Crippen LogP contribution is 2.46. The topological polar surface area (TPSA) is 119 Å². The van der Waals surface area contributed by atoms with Gasteiger partial charge in [0.25, 0.3) is 5.54 Å². The maximum absolute atomic E-state index is 13.2. The Morgan fingerprint density at radius 1 is 1.13 bits per heavy atom. The number of amides is 1. The van der Waals surface area contributed by atoms with E-state index in [0.29, 0.717) is 4.90 Å². The summed E-state index contributed by atoms with van der Waals surface area (Å²) >= 11 is 0. The number of benzene rings is 1. The molecule has 31 heavy (non-hydrogen) atoms. The number of rotatable bonds is 9. The fourth-order valence-electron chi connectivity index (χ4n) is 3.63. The lowest BCUT2D eigenvalue weighted by Crippen LogP contribution is -2.69. The Balaban J connectivity index is 2.80. The molecule has 9 heteroatoms. The van der Waals surface area contributed by atoms with Gasteiger partial charge in [0.2, 0.25) is 5.91 Å². The Labute approximate surface area is 179 Å². The summed E-state index contributed by atoms with van der Waals surface area (Å²) in [6.07, 6.45) is 1.87. The largest absolute Gasteiger partial charge is 0.467 e. The smallest absolute Gasteiger partial charge is 0.347 e. The molecule has 2 rings (SSSR count). The van der Waals surface area contributed by atoms with Gasteiger partial charge in [-0.15, -0.1) is 0 Å². The lowest BCUT2D eigenvalue weighted by molar-refractivity contribution is -0.192. The molecule has 0 aliphatic carbocycles. The molecule has 1 aromatic rings. The third kappa shape index (κ3) is 4.09. The molecule has 1 aliphatic rings. The number of ether oxygens (including phenoxy) is 3. The third-order valence-corrected chi connectivity index (χ3v) is 4.96. The molecule has 1 aromatic carbocycles. The summed E-state index contributed by atoms with van der Waals surface area (Å²) in [5, 5.41) is 11.2. The predicted molar refractivity (Wildman–Crippen MR) is 108 cm³/mol. The molecule has 166 valence electrons. The van der Waals surface area contributed by atoms with Crippen LogP contribution in [0, 0.1) is 0 Å². The van der Waals surface area contributed by atoms with E-state index in [4.69, 9.17) is 14.2 Å². The Bertz CT molecular complexity index is 853. The van der Waals surface area contributed by atoms with Crippen molar-refractivity contribution in [3.63, 3.8) is 0 Å². The van der Waals surface area contributed by atoms with Crippen molar-refractivity contribution in [3.05, 3.63) is 61.2 Å². The van der Waals surface area contributed by atoms with Crippen LogP contribution in [-0.2, 0) is 33.4 Å². The Morgan fingerprint density at radius 3 is 2.10 bits per heavy atom. The monoisotopic (exact) mass is 431 g/mol. The zero-order chi connectivity index (χ0) is 23.2. The van der Waals surface area contributed by atoms with E-state index in [1.54, 1.807) is 18.2 Å². The van der Waals surface area contributed by atoms with Gasteiger partial charge in [0, 0.05) is 0 Å². The average molecular weight is 431 g/mol. The molecule has 0 bridgehead atoms. The van der Waals surface area contributed by atoms with Gasteiger partial charge in [-0.25, -0.2) is 14.4 Å². The van der Waals surface area contributed by atoms with E-state index in [1.165, 1.54) is 24.3 Å². The molecule has 1 aliphatic heterocycles. The Hall–Kier alpha value is -3.46. The van der Waals surface area contributed by atoms with E-state index in [9.17, 15) is 24.3 Å². The molecule has 0 radical (unpaired) electrons. The number of nitrogens with zero attached hydrogens (tertiary/aromatic N) is 1. The van der Waals surface area contributed by atoms with E-state index in [0.717, 1.165) is 14.0 Å². The van der Waals surface area contributed by atoms with Crippen LogP contribution in [0.4, 0.5) is 0 Å². The van der Waals surface area contributed by atoms with Gasteiger partial charge in [-0.05, 0) is 12.5 Å². The summed E-state index contributed by atoms with van der Waals surface area (Å²) < 4.78 is 15.1. The van der Waals surface area contributed by atoms with Crippen LogP contribution in [0.25, 0.3) is 0 Å². The van der Waals surface area contributed by atoms with Gasteiger partial charge >= 0.3 is 17.9 Å². The molecule has 9 nitrogen and oxygen atoms in total. The molecule has 0 spiro atoms. The number of esters is 3. The van der Waals surface area contributed by atoms with Crippen molar-refractivity contribution in [1.29, 1.82) is 0 Å². The molecule has 2 unspecified atom stereocenters. The first kappa shape index (κ1) is 23.8. The van der Waals surface area contributed by atoms with Crippen molar-refractivity contribution in [3.8, 4) is 0 Å². The first-order chi connectivity index (χ1) is 14.7. The summed E-state index contributed by atoms with van der Waals surface area (Å²) in [5.74, 6) is -4.28. The van der Waals surface area contributed by atoms with E-state index >= 15 is 0 Å². The van der Waals surface area contributed by atoms with Crippen LogP contribution >= 0.6 is 0 Å². The molecule has 0 saturated carbocycles. The summed E-state index contributed by atoms with van der Waals surface area (Å²) in [6.45, 7) is 7.42. The van der Waals surface area contributed by atoms with E-state index in [2.05, 4.69) is 13.2 Å². The number of carbonyl (C=O) groups excluding carboxylic acids is 4. The Kier molecular flexibility index (Phi) is 7.35. The van der Waals surface area contributed by atoms with Crippen LogP contribution in [0.3, 0.4) is 0 Å². The number of aliphatic hydroxyl groups is 1. The highest BCUT2D eigenvalue weighted by atomic mass is 16.6. The summed E-state index contributed by atoms with van der Waals surface area (Å²) in [4.78, 5) is 53.1. The molecule has 2 atom stereocenters. The van der Waals surface area contributed by atoms with Gasteiger partial charge in [0.15, 0.2) is 6.04 Å². The maximum Gasteiger partial charge on any atom is 0.347 e. The summed E-state index contributed by atoms with van der Waals surface area (Å²) in [6, 6.07) is 6.42. The van der Waals surface area contributed by atoms with E-state index in [-0.39, 0.29) is 18.8 Å². The lowest BCUT2D eigenvalue weighted by atomic mass is 9.80. The number of hydrogen-bond donors (Lipinski definition) is 1. The fourth-order valence-corrected chi connectivity index (χ4v) is 3.63. The number of carbonyl (C=O) groups is 4. The zero-order valence-electron chi connectivity index (χ0n) is 17.4. The highest BCUT2D eigenvalue weighted by Gasteiger charge is 2.73.